The molecule has 0 spiro atoms. The van der Waals surface area contributed by atoms with Crippen LogP contribution in [0.15, 0.2) is 45.8 Å². The molecule has 2 fully saturated rings. The van der Waals surface area contributed by atoms with Crippen molar-refractivity contribution < 1.29 is 23.9 Å². The van der Waals surface area contributed by atoms with Crippen molar-refractivity contribution in [2.75, 3.05) is 26.8 Å². The number of halogens is 2. The first-order chi connectivity index (χ1) is 17.8. The van der Waals surface area contributed by atoms with Gasteiger partial charge in [0.1, 0.15) is 0 Å². The molecule has 0 unspecified atom stereocenters. The molecule has 37 heavy (non-hydrogen) atoms. The third-order valence-electron chi connectivity index (χ3n) is 5.69. The topological polar surface area (TPSA) is 88.2 Å². The zero-order chi connectivity index (χ0) is 26.5. The molecule has 4 rings (SSSR count). The van der Waals surface area contributed by atoms with Gasteiger partial charge >= 0.3 is 0 Å². The number of hydrazine groups is 1. The van der Waals surface area contributed by atoms with Gasteiger partial charge in [-0.25, -0.2) is 0 Å². The number of hydrogen-bond acceptors (Lipinski definition) is 7. The molecule has 0 aromatic heterocycles. The predicted molar refractivity (Wildman–Crippen MR) is 151 cm³/mol. The van der Waals surface area contributed by atoms with Crippen LogP contribution in [-0.4, -0.2) is 58.8 Å². The highest BCUT2D eigenvalue weighted by molar-refractivity contribution is 9.10. The molecule has 0 aliphatic carbocycles. The number of nitrogens with one attached hydrogen (secondary N) is 1. The number of thioether (sulfide) groups is 1. The molecule has 3 amide bonds. The van der Waals surface area contributed by atoms with Crippen molar-refractivity contribution in [3.63, 3.8) is 0 Å². The largest absolute Gasteiger partial charge is 0.493 e. The SMILES string of the molecule is COc1cc(/C=C2/SC(=S)N(NC(=O)c3cccc(Cl)c3)C2=O)cc(Br)c1OCC(=O)N1CCCCC1. The van der Waals surface area contributed by atoms with Crippen molar-refractivity contribution >= 4 is 79.6 Å². The summed E-state index contributed by atoms with van der Waals surface area (Å²) in [6.45, 7) is 1.40. The fourth-order valence-electron chi connectivity index (χ4n) is 3.84. The van der Waals surface area contributed by atoms with E-state index < -0.39 is 11.8 Å². The van der Waals surface area contributed by atoms with Crippen LogP contribution in [0.25, 0.3) is 6.08 Å². The van der Waals surface area contributed by atoms with Crippen molar-refractivity contribution in [1.29, 1.82) is 0 Å². The van der Waals surface area contributed by atoms with Crippen LogP contribution in [0.4, 0.5) is 0 Å². The van der Waals surface area contributed by atoms with E-state index in [9.17, 15) is 14.4 Å². The number of carbonyl (C=O) groups excluding carboxylic acids is 3. The lowest BCUT2D eigenvalue weighted by Gasteiger charge is -2.26. The summed E-state index contributed by atoms with van der Waals surface area (Å²) in [6, 6.07) is 9.82. The highest BCUT2D eigenvalue weighted by Gasteiger charge is 2.34. The molecule has 0 bridgehead atoms. The van der Waals surface area contributed by atoms with E-state index in [2.05, 4.69) is 21.4 Å². The zero-order valence-electron chi connectivity index (χ0n) is 19.8. The van der Waals surface area contributed by atoms with Crippen LogP contribution in [-0.2, 0) is 9.59 Å². The molecule has 2 heterocycles. The van der Waals surface area contributed by atoms with Crippen molar-refractivity contribution in [3.8, 4) is 11.5 Å². The van der Waals surface area contributed by atoms with Gasteiger partial charge in [0.15, 0.2) is 22.4 Å². The van der Waals surface area contributed by atoms with Crippen LogP contribution in [0.5, 0.6) is 11.5 Å². The van der Waals surface area contributed by atoms with E-state index in [-0.39, 0.29) is 16.8 Å². The molecule has 2 saturated heterocycles. The molecular weight excluding hydrogens is 602 g/mol. The van der Waals surface area contributed by atoms with Crippen LogP contribution >= 0.6 is 51.5 Å². The summed E-state index contributed by atoms with van der Waals surface area (Å²) in [5, 5.41) is 1.44. The number of ether oxygens (including phenoxy) is 2. The van der Waals surface area contributed by atoms with Crippen LogP contribution in [0.3, 0.4) is 0 Å². The van der Waals surface area contributed by atoms with Gasteiger partial charge in [0.25, 0.3) is 17.7 Å². The number of piperidine rings is 1. The van der Waals surface area contributed by atoms with E-state index in [1.54, 1.807) is 36.4 Å². The second-order valence-electron chi connectivity index (χ2n) is 8.23. The van der Waals surface area contributed by atoms with Crippen LogP contribution in [0.1, 0.15) is 35.2 Å². The maximum Gasteiger partial charge on any atom is 0.285 e. The summed E-state index contributed by atoms with van der Waals surface area (Å²) >= 11 is 15.8. The normalized spacial score (nSPS) is 16.8. The van der Waals surface area contributed by atoms with Gasteiger partial charge in [-0.3, -0.25) is 19.8 Å². The van der Waals surface area contributed by atoms with Crippen LogP contribution in [0, 0.1) is 0 Å². The lowest BCUT2D eigenvalue weighted by molar-refractivity contribution is -0.134. The van der Waals surface area contributed by atoms with Crippen LogP contribution in [0.2, 0.25) is 5.02 Å². The number of rotatable bonds is 7. The van der Waals surface area contributed by atoms with Gasteiger partial charge in [-0.05, 0) is 89.4 Å². The first-order valence-electron chi connectivity index (χ1n) is 11.4. The smallest absolute Gasteiger partial charge is 0.285 e. The number of hydrogen-bond donors (Lipinski definition) is 1. The van der Waals surface area contributed by atoms with Gasteiger partial charge in [-0.2, -0.15) is 5.01 Å². The van der Waals surface area contributed by atoms with Gasteiger partial charge in [0, 0.05) is 23.7 Å². The summed E-state index contributed by atoms with van der Waals surface area (Å²) in [4.78, 5) is 40.2. The molecule has 194 valence electrons. The Labute approximate surface area is 237 Å². The molecular formula is C25H23BrClN3O5S2. The Morgan fingerprint density at radius 1 is 1.22 bits per heavy atom. The second kappa shape index (κ2) is 12.3. The Hall–Kier alpha value is -2.60. The molecule has 2 aromatic rings. The second-order valence-corrected chi connectivity index (χ2v) is 11.2. The van der Waals surface area contributed by atoms with Crippen molar-refractivity contribution in [2.45, 2.75) is 19.3 Å². The van der Waals surface area contributed by atoms with Gasteiger partial charge in [0.2, 0.25) is 0 Å². The monoisotopic (exact) mass is 623 g/mol. The number of carbonyl (C=O) groups is 3. The fourth-order valence-corrected chi connectivity index (χ4v) is 5.79. The number of amides is 3. The fraction of sp³-hybridized carbons (Fsp3) is 0.280. The summed E-state index contributed by atoms with van der Waals surface area (Å²) in [6.07, 6.45) is 4.79. The summed E-state index contributed by atoms with van der Waals surface area (Å²) in [7, 11) is 1.50. The molecule has 2 aliphatic rings. The summed E-state index contributed by atoms with van der Waals surface area (Å²) < 4.78 is 12.0. The molecule has 0 radical (unpaired) electrons. The molecule has 1 N–H and O–H groups in total. The third-order valence-corrected chi connectivity index (χ3v) is 7.82. The molecule has 8 nitrogen and oxygen atoms in total. The van der Waals surface area contributed by atoms with Gasteiger partial charge in [0.05, 0.1) is 16.5 Å². The lowest BCUT2D eigenvalue weighted by Crippen LogP contribution is -2.44. The van der Waals surface area contributed by atoms with E-state index in [4.69, 9.17) is 33.3 Å². The lowest BCUT2D eigenvalue weighted by atomic mass is 10.1. The minimum atomic E-state index is -0.509. The Balaban J connectivity index is 1.47. The van der Waals surface area contributed by atoms with Crippen molar-refractivity contribution in [1.82, 2.24) is 15.3 Å². The molecule has 0 atom stereocenters. The predicted octanol–water partition coefficient (Wildman–Crippen LogP) is 5.05. The molecule has 2 aromatic carbocycles. The Morgan fingerprint density at radius 2 is 1.97 bits per heavy atom. The Kier molecular flexibility index (Phi) is 9.12. The summed E-state index contributed by atoms with van der Waals surface area (Å²) in [5.41, 5.74) is 3.47. The number of benzene rings is 2. The van der Waals surface area contributed by atoms with E-state index in [0.29, 0.717) is 37.0 Å². The third kappa shape index (κ3) is 6.64. The number of thiocarbonyl (C=S) groups is 1. The maximum absolute atomic E-state index is 13.0. The van der Waals surface area contributed by atoms with E-state index in [1.807, 2.05) is 4.90 Å². The first-order valence-corrected chi connectivity index (χ1v) is 13.8. The van der Waals surface area contributed by atoms with Gasteiger partial charge in [-0.1, -0.05) is 29.4 Å². The van der Waals surface area contributed by atoms with Gasteiger partial charge < -0.3 is 14.4 Å². The van der Waals surface area contributed by atoms with E-state index >= 15 is 0 Å². The molecule has 0 saturated carbocycles. The van der Waals surface area contributed by atoms with E-state index in [1.165, 1.54) is 13.2 Å². The maximum atomic E-state index is 13.0. The summed E-state index contributed by atoms with van der Waals surface area (Å²) in [5.74, 6) is -0.248. The quantitative estimate of drug-likeness (QED) is 0.341. The molecule has 2 aliphatic heterocycles. The van der Waals surface area contributed by atoms with E-state index in [0.717, 1.165) is 49.1 Å². The first kappa shape index (κ1) is 27.4. The number of nitrogens with zero attached hydrogens (tertiary/aromatic N) is 2. The number of methoxy groups -OCH3 is 1. The van der Waals surface area contributed by atoms with Crippen molar-refractivity contribution in [2.24, 2.45) is 0 Å². The molecule has 12 heteroatoms. The average molecular weight is 625 g/mol. The number of likely N-dealkylation sites (tertiary alicyclic amines) is 1. The Bertz CT molecular complexity index is 1280. The standard InChI is InChI=1S/C25H23BrClN3O5S2/c1-34-19-11-15(10-18(26)22(19)35-14-21(31)29-8-3-2-4-9-29)12-20-24(33)30(25(36)37-20)28-23(32)16-6-5-7-17(27)13-16/h5-7,10-13H,2-4,8-9,14H2,1H3,(H,28,32)/b20-12+. The Morgan fingerprint density at radius 3 is 2.68 bits per heavy atom. The minimum Gasteiger partial charge on any atom is -0.493 e. The zero-order valence-corrected chi connectivity index (χ0v) is 23.8. The highest BCUT2D eigenvalue weighted by atomic mass is 79.9. The highest BCUT2D eigenvalue weighted by Crippen LogP contribution is 2.39. The minimum absolute atomic E-state index is 0.0683. The van der Waals surface area contributed by atoms with Gasteiger partial charge in [-0.15, -0.1) is 0 Å². The van der Waals surface area contributed by atoms with Crippen LogP contribution < -0.4 is 14.9 Å². The van der Waals surface area contributed by atoms with Crippen molar-refractivity contribution in [3.05, 3.63) is 61.9 Å². The average Bonchev–Trinajstić information content (AvgIpc) is 3.15.